The van der Waals surface area contributed by atoms with Crippen molar-refractivity contribution in [3.63, 3.8) is 0 Å². The maximum Gasteiger partial charge on any atom is 0.253 e. The van der Waals surface area contributed by atoms with E-state index in [-0.39, 0.29) is 11.7 Å². The summed E-state index contributed by atoms with van der Waals surface area (Å²) in [7, 11) is 3.32. The van der Waals surface area contributed by atoms with Crippen molar-refractivity contribution in [3.8, 4) is 0 Å². The van der Waals surface area contributed by atoms with E-state index in [1.165, 1.54) is 29.2 Å². The van der Waals surface area contributed by atoms with E-state index in [4.69, 9.17) is 0 Å². The molecule has 0 aliphatic rings. The fourth-order valence-electron chi connectivity index (χ4n) is 0.851. The van der Waals surface area contributed by atoms with Gasteiger partial charge in [0.25, 0.3) is 5.91 Å². The predicted octanol–water partition coefficient (Wildman–Crippen LogP) is 2.55. The van der Waals surface area contributed by atoms with Crippen LogP contribution in [0.15, 0.2) is 24.3 Å². The van der Waals surface area contributed by atoms with Crippen LogP contribution in [0.2, 0.25) is 0 Å². The molecule has 1 aromatic rings. The molecule has 14 heavy (non-hydrogen) atoms. The Kier molecular flexibility index (Phi) is 5.53. The minimum atomic E-state index is -0.328. The average Bonchev–Trinajstić information content (AvgIpc) is 2.21. The number of carbonyl (C=O) groups excluding carboxylic acids is 1. The molecule has 0 saturated carbocycles. The van der Waals surface area contributed by atoms with Gasteiger partial charge in [-0.3, -0.25) is 4.79 Å². The highest BCUT2D eigenvalue weighted by Crippen LogP contribution is 2.04. The number of nitrogens with zero attached hydrogens (tertiary/aromatic N) is 1. The summed E-state index contributed by atoms with van der Waals surface area (Å²) in [5.74, 6) is -0.444. The first kappa shape index (κ1) is 12.6. The smallest absolute Gasteiger partial charge is 0.253 e. The highest BCUT2D eigenvalue weighted by atomic mass is 19.1. The van der Waals surface area contributed by atoms with Crippen LogP contribution in [0.5, 0.6) is 0 Å². The van der Waals surface area contributed by atoms with Gasteiger partial charge in [-0.15, -0.1) is 0 Å². The van der Waals surface area contributed by atoms with E-state index in [9.17, 15) is 9.18 Å². The molecule has 0 atom stereocenters. The van der Waals surface area contributed by atoms with Gasteiger partial charge in [-0.1, -0.05) is 13.8 Å². The summed E-state index contributed by atoms with van der Waals surface area (Å²) in [6, 6.07) is 5.49. The van der Waals surface area contributed by atoms with E-state index in [1.54, 1.807) is 14.1 Å². The molecule has 0 N–H and O–H groups in total. The van der Waals surface area contributed by atoms with Crippen molar-refractivity contribution in [1.82, 2.24) is 4.90 Å². The first-order valence-electron chi connectivity index (χ1n) is 4.58. The van der Waals surface area contributed by atoms with Gasteiger partial charge in [-0.25, -0.2) is 4.39 Å². The zero-order valence-electron chi connectivity index (χ0n) is 9.04. The lowest BCUT2D eigenvalue weighted by Crippen LogP contribution is -2.21. The van der Waals surface area contributed by atoms with E-state index in [2.05, 4.69) is 0 Å². The molecule has 78 valence electrons. The highest BCUT2D eigenvalue weighted by Gasteiger charge is 2.06. The van der Waals surface area contributed by atoms with Gasteiger partial charge in [0.2, 0.25) is 0 Å². The molecule has 0 spiro atoms. The molecule has 0 saturated heterocycles. The number of rotatable bonds is 1. The maximum absolute atomic E-state index is 12.4. The molecule has 0 aliphatic carbocycles. The molecule has 0 aliphatic heterocycles. The molecular formula is C11H16FNO. The Balaban J connectivity index is 0.000000791. The first-order chi connectivity index (χ1) is 6.61. The quantitative estimate of drug-likeness (QED) is 0.677. The van der Waals surface area contributed by atoms with Crippen molar-refractivity contribution in [2.24, 2.45) is 0 Å². The van der Waals surface area contributed by atoms with Crippen LogP contribution < -0.4 is 0 Å². The van der Waals surface area contributed by atoms with Crippen molar-refractivity contribution in [2.75, 3.05) is 14.1 Å². The summed E-state index contributed by atoms with van der Waals surface area (Å²) in [4.78, 5) is 12.7. The van der Waals surface area contributed by atoms with Crippen LogP contribution in [0.1, 0.15) is 24.2 Å². The fraction of sp³-hybridized carbons (Fsp3) is 0.364. The molecule has 3 heteroatoms. The predicted molar refractivity (Wildman–Crippen MR) is 55.8 cm³/mol. The molecule has 1 amide bonds. The minimum Gasteiger partial charge on any atom is -0.345 e. The van der Waals surface area contributed by atoms with E-state index in [0.29, 0.717) is 5.56 Å². The van der Waals surface area contributed by atoms with Crippen LogP contribution >= 0.6 is 0 Å². The molecule has 2 nitrogen and oxygen atoms in total. The van der Waals surface area contributed by atoms with Crippen molar-refractivity contribution in [1.29, 1.82) is 0 Å². The lowest BCUT2D eigenvalue weighted by molar-refractivity contribution is 0.0827. The van der Waals surface area contributed by atoms with Crippen LogP contribution in [-0.4, -0.2) is 24.9 Å². The second kappa shape index (κ2) is 6.13. The summed E-state index contributed by atoms with van der Waals surface area (Å²) in [5.41, 5.74) is 0.501. The van der Waals surface area contributed by atoms with Gasteiger partial charge in [0.15, 0.2) is 0 Å². The summed E-state index contributed by atoms with van der Waals surface area (Å²) >= 11 is 0. The van der Waals surface area contributed by atoms with Gasteiger partial charge in [0.05, 0.1) is 0 Å². The standard InChI is InChI=1S/C9H10FNO.C2H6/c1-11(2)9(12)7-3-5-8(10)6-4-7;1-2/h3-6H,1-2H3;1-2H3. The lowest BCUT2D eigenvalue weighted by Gasteiger charge is -2.09. The summed E-state index contributed by atoms with van der Waals surface area (Å²) in [6.45, 7) is 4.00. The largest absolute Gasteiger partial charge is 0.345 e. The highest BCUT2D eigenvalue weighted by molar-refractivity contribution is 5.93. The zero-order valence-corrected chi connectivity index (χ0v) is 9.04. The number of carbonyl (C=O) groups is 1. The lowest BCUT2D eigenvalue weighted by atomic mass is 10.2. The Morgan fingerprint density at radius 2 is 1.57 bits per heavy atom. The third-order valence-corrected chi connectivity index (χ3v) is 1.50. The normalized spacial score (nSPS) is 8.64. The average molecular weight is 197 g/mol. The van der Waals surface area contributed by atoms with Crippen LogP contribution in [0.25, 0.3) is 0 Å². The second-order valence-electron chi connectivity index (χ2n) is 2.71. The molecular weight excluding hydrogens is 181 g/mol. The van der Waals surface area contributed by atoms with Gasteiger partial charge in [0.1, 0.15) is 5.82 Å². The molecule has 0 aromatic heterocycles. The van der Waals surface area contributed by atoms with Crippen molar-refractivity contribution < 1.29 is 9.18 Å². The SMILES string of the molecule is CC.CN(C)C(=O)c1ccc(F)cc1. The van der Waals surface area contributed by atoms with E-state index in [0.717, 1.165) is 0 Å². The Labute approximate surface area is 84.3 Å². The van der Waals surface area contributed by atoms with Crippen LogP contribution in [0, 0.1) is 5.82 Å². The van der Waals surface area contributed by atoms with Gasteiger partial charge in [-0.05, 0) is 24.3 Å². The van der Waals surface area contributed by atoms with E-state index >= 15 is 0 Å². The van der Waals surface area contributed by atoms with Gasteiger partial charge in [-0.2, -0.15) is 0 Å². The molecule has 1 aromatic carbocycles. The maximum atomic E-state index is 12.4. The Morgan fingerprint density at radius 1 is 1.14 bits per heavy atom. The number of hydrogen-bond acceptors (Lipinski definition) is 1. The molecule has 1 rings (SSSR count). The number of hydrogen-bond donors (Lipinski definition) is 0. The van der Waals surface area contributed by atoms with Gasteiger partial charge in [0, 0.05) is 19.7 Å². The first-order valence-corrected chi connectivity index (χ1v) is 4.58. The third-order valence-electron chi connectivity index (χ3n) is 1.50. The van der Waals surface area contributed by atoms with Crippen molar-refractivity contribution >= 4 is 5.91 Å². The van der Waals surface area contributed by atoms with Crippen LogP contribution in [0.4, 0.5) is 4.39 Å². The summed E-state index contributed by atoms with van der Waals surface area (Å²) < 4.78 is 12.4. The van der Waals surface area contributed by atoms with Crippen LogP contribution in [-0.2, 0) is 0 Å². The molecule has 0 heterocycles. The topological polar surface area (TPSA) is 20.3 Å². The van der Waals surface area contributed by atoms with Gasteiger partial charge < -0.3 is 4.90 Å². The number of amides is 1. The molecule has 0 bridgehead atoms. The minimum absolute atomic E-state index is 0.116. The molecule has 0 fully saturated rings. The Morgan fingerprint density at radius 3 is 1.93 bits per heavy atom. The Bertz CT molecular complexity index is 280. The molecule has 0 unspecified atom stereocenters. The summed E-state index contributed by atoms with van der Waals surface area (Å²) in [6.07, 6.45) is 0. The zero-order chi connectivity index (χ0) is 11.1. The number of halogens is 1. The van der Waals surface area contributed by atoms with Crippen LogP contribution in [0.3, 0.4) is 0 Å². The van der Waals surface area contributed by atoms with Crippen molar-refractivity contribution in [3.05, 3.63) is 35.6 Å². The summed E-state index contributed by atoms with van der Waals surface area (Å²) in [5, 5.41) is 0. The monoisotopic (exact) mass is 197 g/mol. The van der Waals surface area contributed by atoms with E-state index < -0.39 is 0 Å². The van der Waals surface area contributed by atoms with Crippen molar-refractivity contribution in [2.45, 2.75) is 13.8 Å². The van der Waals surface area contributed by atoms with E-state index in [1.807, 2.05) is 13.8 Å². The number of benzene rings is 1. The fourth-order valence-corrected chi connectivity index (χ4v) is 0.851. The third kappa shape index (κ3) is 3.56. The second-order valence-corrected chi connectivity index (χ2v) is 2.71. The molecule has 0 radical (unpaired) electrons. The van der Waals surface area contributed by atoms with Gasteiger partial charge >= 0.3 is 0 Å². The Hall–Kier alpha value is -1.38.